The lowest BCUT2D eigenvalue weighted by atomic mass is 9.92. The first kappa shape index (κ1) is 16.3. The van der Waals surface area contributed by atoms with Crippen molar-refractivity contribution in [2.75, 3.05) is 39.8 Å². The van der Waals surface area contributed by atoms with Gasteiger partial charge in [-0.15, -0.1) is 0 Å². The van der Waals surface area contributed by atoms with Crippen LogP contribution in [0.2, 0.25) is 0 Å². The van der Waals surface area contributed by atoms with Crippen molar-refractivity contribution in [3.05, 3.63) is 0 Å². The second kappa shape index (κ2) is 6.77. The first-order valence-corrected chi connectivity index (χ1v) is 7.98. The molecule has 2 saturated heterocycles. The summed E-state index contributed by atoms with van der Waals surface area (Å²) in [6.07, 6.45) is 1.20. The van der Waals surface area contributed by atoms with E-state index in [1.54, 1.807) is 0 Å². The van der Waals surface area contributed by atoms with Crippen molar-refractivity contribution >= 4 is 11.9 Å². The molecule has 21 heavy (non-hydrogen) atoms. The molecular weight excluding hydrogens is 268 g/mol. The van der Waals surface area contributed by atoms with Gasteiger partial charge < -0.3 is 9.64 Å². The number of likely N-dealkylation sites (tertiary alicyclic amines) is 2. The van der Waals surface area contributed by atoms with Crippen molar-refractivity contribution in [3.8, 4) is 0 Å². The van der Waals surface area contributed by atoms with Gasteiger partial charge >= 0.3 is 5.97 Å². The highest BCUT2D eigenvalue weighted by molar-refractivity contribution is 5.79. The zero-order valence-corrected chi connectivity index (χ0v) is 13.7. The fraction of sp³-hybridized carbons (Fsp3) is 0.875. The van der Waals surface area contributed by atoms with Crippen LogP contribution in [0.5, 0.6) is 0 Å². The average Bonchev–Trinajstić information content (AvgIpc) is 2.77. The third kappa shape index (κ3) is 3.96. The van der Waals surface area contributed by atoms with E-state index < -0.39 is 0 Å². The molecule has 5 nitrogen and oxygen atoms in total. The van der Waals surface area contributed by atoms with Crippen molar-refractivity contribution in [2.45, 2.75) is 27.2 Å². The van der Waals surface area contributed by atoms with E-state index in [9.17, 15) is 9.59 Å². The van der Waals surface area contributed by atoms with Crippen LogP contribution >= 0.6 is 0 Å². The highest BCUT2D eigenvalue weighted by Crippen LogP contribution is 2.25. The molecule has 0 saturated carbocycles. The Bertz CT molecular complexity index is 389. The molecule has 0 spiro atoms. The number of methoxy groups -OCH3 is 1. The fourth-order valence-corrected chi connectivity index (χ4v) is 3.81. The standard InChI is InChI=1S/C16H28N2O3/c1-11-5-12(2)7-18(6-11)15(19)10-17-8-13(3)14(9-17)16(20)21-4/h11-14H,5-10H2,1-4H3. The third-order valence-electron chi connectivity index (χ3n) is 4.77. The highest BCUT2D eigenvalue weighted by atomic mass is 16.5. The lowest BCUT2D eigenvalue weighted by Crippen LogP contribution is -2.46. The SMILES string of the molecule is COC(=O)C1CN(CC(=O)N2CC(C)CC(C)C2)CC1C. The molecule has 0 aromatic rings. The van der Waals surface area contributed by atoms with E-state index in [2.05, 4.69) is 25.7 Å². The van der Waals surface area contributed by atoms with E-state index in [4.69, 9.17) is 4.74 Å². The summed E-state index contributed by atoms with van der Waals surface area (Å²) in [5.74, 6) is 1.37. The minimum absolute atomic E-state index is 0.0954. The van der Waals surface area contributed by atoms with Crippen LogP contribution in [-0.2, 0) is 14.3 Å². The maximum absolute atomic E-state index is 12.5. The van der Waals surface area contributed by atoms with Gasteiger partial charge in [-0.3, -0.25) is 14.5 Å². The Labute approximate surface area is 127 Å². The van der Waals surface area contributed by atoms with Gasteiger partial charge in [0.15, 0.2) is 0 Å². The summed E-state index contributed by atoms with van der Waals surface area (Å²) in [5, 5.41) is 0. The number of carbonyl (C=O) groups is 2. The molecule has 0 bridgehead atoms. The first-order chi connectivity index (χ1) is 9.90. The van der Waals surface area contributed by atoms with Crippen LogP contribution in [0.15, 0.2) is 0 Å². The van der Waals surface area contributed by atoms with Crippen molar-refractivity contribution in [1.29, 1.82) is 0 Å². The van der Waals surface area contributed by atoms with Crippen LogP contribution < -0.4 is 0 Å². The number of hydrogen-bond donors (Lipinski definition) is 0. The van der Waals surface area contributed by atoms with Crippen LogP contribution in [-0.4, -0.2) is 61.5 Å². The third-order valence-corrected chi connectivity index (χ3v) is 4.77. The van der Waals surface area contributed by atoms with E-state index in [0.717, 1.165) is 19.6 Å². The van der Waals surface area contributed by atoms with Gasteiger partial charge in [0.25, 0.3) is 0 Å². The van der Waals surface area contributed by atoms with Crippen LogP contribution in [0, 0.1) is 23.7 Å². The quantitative estimate of drug-likeness (QED) is 0.735. The lowest BCUT2D eigenvalue weighted by Gasteiger charge is -2.35. The minimum atomic E-state index is -0.155. The Morgan fingerprint density at radius 1 is 1.05 bits per heavy atom. The Hall–Kier alpha value is -1.10. The molecule has 2 fully saturated rings. The number of piperidine rings is 1. The molecule has 5 heteroatoms. The molecule has 1 amide bonds. The van der Waals surface area contributed by atoms with Crippen LogP contribution in [0.25, 0.3) is 0 Å². The van der Waals surface area contributed by atoms with E-state index in [0.29, 0.717) is 24.9 Å². The van der Waals surface area contributed by atoms with Gasteiger partial charge in [-0.2, -0.15) is 0 Å². The van der Waals surface area contributed by atoms with Gasteiger partial charge in [-0.25, -0.2) is 0 Å². The highest BCUT2D eigenvalue weighted by Gasteiger charge is 2.37. The molecule has 4 atom stereocenters. The molecule has 2 aliphatic heterocycles. The second-order valence-corrected chi connectivity index (χ2v) is 7.05. The van der Waals surface area contributed by atoms with Crippen LogP contribution in [0.3, 0.4) is 0 Å². The fourth-order valence-electron chi connectivity index (χ4n) is 3.81. The summed E-state index contributed by atoms with van der Waals surface area (Å²) in [5.41, 5.74) is 0. The number of rotatable bonds is 3. The number of carbonyl (C=O) groups excluding carboxylic acids is 2. The predicted molar refractivity (Wildman–Crippen MR) is 80.6 cm³/mol. The van der Waals surface area contributed by atoms with Gasteiger partial charge in [0, 0.05) is 26.2 Å². The molecule has 0 aromatic carbocycles. The number of amides is 1. The topological polar surface area (TPSA) is 49.9 Å². The zero-order valence-electron chi connectivity index (χ0n) is 13.7. The summed E-state index contributed by atoms with van der Waals surface area (Å²) in [7, 11) is 1.43. The molecule has 120 valence electrons. The largest absolute Gasteiger partial charge is 0.469 e. The molecule has 0 radical (unpaired) electrons. The van der Waals surface area contributed by atoms with Gasteiger partial charge in [-0.1, -0.05) is 20.8 Å². The monoisotopic (exact) mass is 296 g/mol. The maximum atomic E-state index is 12.5. The van der Waals surface area contributed by atoms with Crippen molar-refractivity contribution in [1.82, 2.24) is 9.80 Å². The Kier molecular flexibility index (Phi) is 5.25. The van der Waals surface area contributed by atoms with Crippen LogP contribution in [0.4, 0.5) is 0 Å². The number of esters is 1. The van der Waals surface area contributed by atoms with Crippen molar-refractivity contribution in [2.24, 2.45) is 23.7 Å². The smallest absolute Gasteiger partial charge is 0.310 e. The van der Waals surface area contributed by atoms with Crippen LogP contribution in [0.1, 0.15) is 27.2 Å². The predicted octanol–water partition coefficient (Wildman–Crippen LogP) is 1.23. The summed E-state index contributed by atoms with van der Waals surface area (Å²) in [4.78, 5) is 28.3. The van der Waals surface area contributed by atoms with E-state index >= 15 is 0 Å². The normalized spacial score (nSPS) is 34.0. The van der Waals surface area contributed by atoms with Gasteiger partial charge in [-0.05, 0) is 24.2 Å². The lowest BCUT2D eigenvalue weighted by molar-refractivity contribution is -0.146. The maximum Gasteiger partial charge on any atom is 0.310 e. The molecule has 2 heterocycles. The summed E-state index contributed by atoms with van der Waals surface area (Å²) >= 11 is 0. The van der Waals surface area contributed by atoms with Crippen molar-refractivity contribution < 1.29 is 14.3 Å². The summed E-state index contributed by atoms with van der Waals surface area (Å²) in [6, 6.07) is 0. The Morgan fingerprint density at radius 3 is 2.24 bits per heavy atom. The van der Waals surface area contributed by atoms with Gasteiger partial charge in [0.2, 0.25) is 5.91 Å². The van der Waals surface area contributed by atoms with Gasteiger partial charge in [0.1, 0.15) is 0 Å². The molecule has 4 unspecified atom stereocenters. The Balaban J connectivity index is 1.87. The molecule has 0 N–H and O–H groups in total. The van der Waals surface area contributed by atoms with E-state index in [1.165, 1.54) is 13.5 Å². The molecule has 0 aliphatic carbocycles. The van der Waals surface area contributed by atoms with E-state index in [-0.39, 0.29) is 23.7 Å². The second-order valence-electron chi connectivity index (χ2n) is 7.05. The average molecular weight is 296 g/mol. The molecular formula is C16H28N2O3. The molecule has 0 aromatic heterocycles. The summed E-state index contributed by atoms with van der Waals surface area (Å²) < 4.78 is 4.84. The van der Waals surface area contributed by atoms with Crippen molar-refractivity contribution in [3.63, 3.8) is 0 Å². The number of nitrogens with zero attached hydrogens (tertiary/aromatic N) is 2. The number of hydrogen-bond acceptors (Lipinski definition) is 4. The minimum Gasteiger partial charge on any atom is -0.469 e. The molecule has 2 aliphatic rings. The first-order valence-electron chi connectivity index (χ1n) is 7.98. The Morgan fingerprint density at radius 2 is 1.67 bits per heavy atom. The summed E-state index contributed by atoms with van der Waals surface area (Å²) in [6.45, 7) is 10.1. The zero-order chi connectivity index (χ0) is 15.6. The van der Waals surface area contributed by atoms with Gasteiger partial charge in [0.05, 0.1) is 19.6 Å². The number of ether oxygens (including phenoxy) is 1. The molecule has 2 rings (SSSR count). The van der Waals surface area contributed by atoms with E-state index in [1.807, 2.05) is 4.90 Å².